The molecule has 0 aromatic heterocycles. The molecule has 4 nitrogen and oxygen atoms in total. The third-order valence-corrected chi connectivity index (χ3v) is 1.47. The first-order chi connectivity index (χ1) is 7.24. The summed E-state index contributed by atoms with van der Waals surface area (Å²) in [6.07, 6.45) is -0.404. The van der Waals surface area contributed by atoms with Gasteiger partial charge in [-0.25, -0.2) is 4.79 Å². The number of nitriles is 1. The number of hydrogen-bond acceptors (Lipinski definition) is 3. The largest absolute Gasteiger partial charge is 0.453 e. The van der Waals surface area contributed by atoms with Crippen LogP contribution in [0.3, 0.4) is 0 Å². The van der Waals surface area contributed by atoms with Gasteiger partial charge in [-0.05, 0) is 5.56 Å². The van der Waals surface area contributed by atoms with Crippen LogP contribution in [0.4, 0.5) is 4.79 Å². The fraction of sp³-hybridized carbons (Fsp3) is 0.273. The number of rotatable bonds is 2. The Morgan fingerprint density at radius 3 is 2.47 bits per heavy atom. The minimum atomic E-state index is -0.404. The first-order valence-electron chi connectivity index (χ1n) is 4.41. The minimum Gasteiger partial charge on any atom is -0.453 e. The molecule has 0 atom stereocenters. The van der Waals surface area contributed by atoms with Gasteiger partial charge in [-0.1, -0.05) is 30.3 Å². The molecule has 0 saturated heterocycles. The third kappa shape index (κ3) is 7.08. The standard InChI is InChI=1S/C9H11NO2.C2H3N/c1-12-9(11)10-7-8-5-3-2-4-6-8;1-2-3/h2-6H,7H2,1H3,(H,10,11);1H3. The maximum atomic E-state index is 10.7. The molecule has 0 fully saturated rings. The molecule has 0 unspecified atom stereocenters. The molecule has 1 aromatic rings. The Kier molecular flexibility index (Phi) is 7.42. The van der Waals surface area contributed by atoms with Crippen molar-refractivity contribution in [2.24, 2.45) is 0 Å². The zero-order valence-corrected chi connectivity index (χ0v) is 8.86. The first-order valence-corrected chi connectivity index (χ1v) is 4.41. The minimum absolute atomic E-state index is 0.404. The lowest BCUT2D eigenvalue weighted by Crippen LogP contribution is -2.22. The topological polar surface area (TPSA) is 62.1 Å². The molecule has 0 spiro atoms. The van der Waals surface area contributed by atoms with E-state index in [0.29, 0.717) is 6.54 Å². The second kappa shape index (κ2) is 8.57. The highest BCUT2D eigenvalue weighted by Crippen LogP contribution is 1.96. The van der Waals surface area contributed by atoms with Gasteiger partial charge in [0.05, 0.1) is 13.2 Å². The SMILES string of the molecule is CC#N.COC(=O)NCc1ccccc1. The van der Waals surface area contributed by atoms with Crippen molar-refractivity contribution in [1.29, 1.82) is 5.26 Å². The Morgan fingerprint density at radius 2 is 2.00 bits per heavy atom. The van der Waals surface area contributed by atoms with Crippen molar-refractivity contribution in [1.82, 2.24) is 5.32 Å². The van der Waals surface area contributed by atoms with Gasteiger partial charge in [0, 0.05) is 13.5 Å². The Bertz CT molecular complexity index is 317. The summed E-state index contributed by atoms with van der Waals surface area (Å²) < 4.78 is 4.42. The Hall–Kier alpha value is -2.02. The van der Waals surface area contributed by atoms with Crippen molar-refractivity contribution in [2.75, 3.05) is 7.11 Å². The molecule has 0 bridgehead atoms. The fourth-order valence-corrected chi connectivity index (χ4v) is 0.842. The average molecular weight is 206 g/mol. The molecule has 0 radical (unpaired) electrons. The van der Waals surface area contributed by atoms with E-state index in [1.54, 1.807) is 6.07 Å². The van der Waals surface area contributed by atoms with Crippen molar-refractivity contribution >= 4 is 6.09 Å². The van der Waals surface area contributed by atoms with Crippen LogP contribution in [-0.2, 0) is 11.3 Å². The van der Waals surface area contributed by atoms with E-state index < -0.39 is 6.09 Å². The molecule has 15 heavy (non-hydrogen) atoms. The van der Waals surface area contributed by atoms with Gasteiger partial charge >= 0.3 is 6.09 Å². The highest BCUT2D eigenvalue weighted by Gasteiger charge is 1.96. The summed E-state index contributed by atoms with van der Waals surface area (Å²) in [7, 11) is 1.35. The van der Waals surface area contributed by atoms with Crippen LogP contribution in [0.2, 0.25) is 0 Å². The van der Waals surface area contributed by atoms with E-state index in [9.17, 15) is 4.79 Å². The number of nitrogens with zero attached hydrogens (tertiary/aromatic N) is 1. The molecule has 4 heteroatoms. The normalized spacial score (nSPS) is 7.80. The van der Waals surface area contributed by atoms with Crippen molar-refractivity contribution in [3.8, 4) is 6.07 Å². The molecule has 1 aromatic carbocycles. The number of hydrogen-bond donors (Lipinski definition) is 1. The Morgan fingerprint density at radius 1 is 1.47 bits per heavy atom. The maximum Gasteiger partial charge on any atom is 0.407 e. The predicted molar refractivity (Wildman–Crippen MR) is 57.0 cm³/mol. The summed E-state index contributed by atoms with van der Waals surface area (Å²) in [5, 5.41) is 9.91. The smallest absolute Gasteiger partial charge is 0.407 e. The zero-order valence-electron chi connectivity index (χ0n) is 8.86. The summed E-state index contributed by atoms with van der Waals surface area (Å²) in [6.45, 7) is 1.94. The van der Waals surface area contributed by atoms with Gasteiger partial charge in [0.25, 0.3) is 0 Å². The van der Waals surface area contributed by atoms with Crippen molar-refractivity contribution < 1.29 is 9.53 Å². The summed E-state index contributed by atoms with van der Waals surface area (Å²) in [6, 6.07) is 11.4. The van der Waals surface area contributed by atoms with Crippen LogP contribution in [0.15, 0.2) is 30.3 Å². The van der Waals surface area contributed by atoms with E-state index in [1.807, 2.05) is 30.3 Å². The fourth-order valence-electron chi connectivity index (χ4n) is 0.842. The maximum absolute atomic E-state index is 10.7. The lowest BCUT2D eigenvalue weighted by atomic mass is 10.2. The highest BCUT2D eigenvalue weighted by molar-refractivity contribution is 5.66. The molecule has 0 saturated carbocycles. The number of carbonyl (C=O) groups excluding carboxylic acids is 1. The van der Waals surface area contributed by atoms with E-state index in [2.05, 4.69) is 10.1 Å². The summed E-state index contributed by atoms with van der Waals surface area (Å²) in [5.74, 6) is 0. The highest BCUT2D eigenvalue weighted by atomic mass is 16.5. The monoisotopic (exact) mass is 206 g/mol. The molecule has 1 amide bonds. The van der Waals surface area contributed by atoms with Crippen molar-refractivity contribution in [3.63, 3.8) is 0 Å². The van der Waals surface area contributed by atoms with Crippen molar-refractivity contribution in [3.05, 3.63) is 35.9 Å². The van der Waals surface area contributed by atoms with Crippen LogP contribution >= 0.6 is 0 Å². The van der Waals surface area contributed by atoms with Crippen LogP contribution < -0.4 is 5.32 Å². The summed E-state index contributed by atoms with van der Waals surface area (Å²) in [5.41, 5.74) is 1.06. The number of benzene rings is 1. The predicted octanol–water partition coefficient (Wildman–Crippen LogP) is 2.07. The van der Waals surface area contributed by atoms with Gasteiger partial charge in [0.2, 0.25) is 0 Å². The Labute approximate surface area is 89.5 Å². The molecular formula is C11H14N2O2. The molecule has 1 N–H and O–H groups in total. The number of methoxy groups -OCH3 is 1. The van der Waals surface area contributed by atoms with Gasteiger partial charge in [-0.15, -0.1) is 0 Å². The first kappa shape index (κ1) is 13.0. The molecule has 1 rings (SSSR count). The second-order valence-electron chi connectivity index (χ2n) is 2.55. The van der Waals surface area contributed by atoms with Crippen LogP contribution in [0.5, 0.6) is 0 Å². The number of amides is 1. The molecule has 80 valence electrons. The van der Waals surface area contributed by atoms with E-state index in [1.165, 1.54) is 14.0 Å². The van der Waals surface area contributed by atoms with Crippen LogP contribution in [-0.4, -0.2) is 13.2 Å². The molecule has 0 heterocycles. The lowest BCUT2D eigenvalue weighted by molar-refractivity contribution is 0.170. The van der Waals surface area contributed by atoms with E-state index >= 15 is 0 Å². The summed E-state index contributed by atoms with van der Waals surface area (Å²) >= 11 is 0. The van der Waals surface area contributed by atoms with Gasteiger partial charge in [-0.2, -0.15) is 5.26 Å². The van der Waals surface area contributed by atoms with Crippen LogP contribution in [0.25, 0.3) is 0 Å². The number of nitrogens with one attached hydrogen (secondary N) is 1. The van der Waals surface area contributed by atoms with E-state index in [0.717, 1.165) is 5.56 Å². The number of ether oxygens (including phenoxy) is 1. The van der Waals surface area contributed by atoms with Crippen LogP contribution in [0.1, 0.15) is 12.5 Å². The molecule has 0 aliphatic rings. The number of carbonyl (C=O) groups is 1. The zero-order chi connectivity index (χ0) is 11.5. The quantitative estimate of drug-likeness (QED) is 0.805. The van der Waals surface area contributed by atoms with E-state index in [4.69, 9.17) is 5.26 Å². The van der Waals surface area contributed by atoms with Gasteiger partial charge in [0.1, 0.15) is 0 Å². The Balaban J connectivity index is 0.000000583. The average Bonchev–Trinajstić information content (AvgIpc) is 2.28. The van der Waals surface area contributed by atoms with Crippen molar-refractivity contribution in [2.45, 2.75) is 13.5 Å². The molecule has 0 aliphatic heterocycles. The van der Waals surface area contributed by atoms with Gasteiger partial charge < -0.3 is 10.1 Å². The third-order valence-electron chi connectivity index (χ3n) is 1.47. The van der Waals surface area contributed by atoms with Gasteiger partial charge in [0.15, 0.2) is 0 Å². The lowest BCUT2D eigenvalue weighted by Gasteiger charge is -2.02. The van der Waals surface area contributed by atoms with E-state index in [-0.39, 0.29) is 0 Å². The summed E-state index contributed by atoms with van der Waals surface area (Å²) in [4.78, 5) is 10.7. The molecular weight excluding hydrogens is 192 g/mol. The number of alkyl carbamates (subject to hydrolysis) is 1. The van der Waals surface area contributed by atoms with Crippen LogP contribution in [0, 0.1) is 11.3 Å². The van der Waals surface area contributed by atoms with Gasteiger partial charge in [-0.3, -0.25) is 0 Å². The molecule has 0 aliphatic carbocycles. The second-order valence-corrected chi connectivity index (χ2v) is 2.55.